The Bertz CT molecular complexity index is 473. The molecule has 1 atom stereocenters. The van der Waals surface area contributed by atoms with E-state index in [2.05, 4.69) is 10.2 Å². The van der Waals surface area contributed by atoms with E-state index in [1.54, 1.807) is 30.6 Å². The Morgan fingerprint density at radius 1 is 1.25 bits per heavy atom. The molecule has 1 aromatic heterocycles. The minimum absolute atomic E-state index is 0.258. The summed E-state index contributed by atoms with van der Waals surface area (Å²) in [4.78, 5) is 1.40. The van der Waals surface area contributed by atoms with Crippen molar-refractivity contribution in [3.05, 3.63) is 46.2 Å². The van der Waals surface area contributed by atoms with E-state index in [9.17, 15) is 5.11 Å². The molecule has 0 aliphatic heterocycles. The van der Waals surface area contributed by atoms with E-state index in [1.165, 1.54) is 4.80 Å². The Labute approximate surface area is 102 Å². The summed E-state index contributed by atoms with van der Waals surface area (Å²) < 4.78 is 0. The first kappa shape index (κ1) is 11.4. The van der Waals surface area contributed by atoms with Crippen molar-refractivity contribution in [3.63, 3.8) is 0 Å². The van der Waals surface area contributed by atoms with E-state index in [0.717, 1.165) is 0 Å². The molecule has 16 heavy (non-hydrogen) atoms. The predicted molar refractivity (Wildman–Crippen MR) is 61.4 cm³/mol. The molecule has 2 aromatic rings. The first-order valence-electron chi connectivity index (χ1n) is 4.64. The van der Waals surface area contributed by atoms with Crippen LogP contribution < -0.4 is 0 Å². The molecular weight excluding hydrogens is 249 g/mol. The lowest BCUT2D eigenvalue weighted by Gasteiger charge is -2.12. The van der Waals surface area contributed by atoms with Gasteiger partial charge in [-0.2, -0.15) is 15.0 Å². The summed E-state index contributed by atoms with van der Waals surface area (Å²) >= 11 is 11.7. The largest absolute Gasteiger partial charge is 0.386 e. The minimum atomic E-state index is -0.753. The molecule has 0 aliphatic rings. The molecule has 0 saturated heterocycles. The highest BCUT2D eigenvalue weighted by Gasteiger charge is 2.13. The summed E-state index contributed by atoms with van der Waals surface area (Å²) in [5, 5.41) is 18.7. The van der Waals surface area contributed by atoms with Crippen LogP contribution in [0.3, 0.4) is 0 Å². The zero-order valence-corrected chi connectivity index (χ0v) is 9.73. The molecule has 0 bridgehead atoms. The number of aromatic nitrogens is 3. The van der Waals surface area contributed by atoms with Gasteiger partial charge in [0.25, 0.3) is 0 Å². The third-order valence-electron chi connectivity index (χ3n) is 2.12. The number of hydrogen-bond donors (Lipinski definition) is 1. The van der Waals surface area contributed by atoms with Crippen LogP contribution in [0.1, 0.15) is 11.7 Å². The molecule has 84 valence electrons. The molecule has 0 saturated carbocycles. The summed E-state index contributed by atoms with van der Waals surface area (Å²) in [6, 6.07) is 4.97. The lowest BCUT2D eigenvalue weighted by atomic mass is 10.1. The SMILES string of the molecule is OC(Cn1nccn1)c1ccc(Cl)cc1Cl. The van der Waals surface area contributed by atoms with Crippen molar-refractivity contribution in [2.24, 2.45) is 0 Å². The zero-order chi connectivity index (χ0) is 11.5. The Balaban J connectivity index is 2.17. The van der Waals surface area contributed by atoms with Gasteiger partial charge < -0.3 is 5.11 Å². The van der Waals surface area contributed by atoms with Crippen molar-refractivity contribution in [3.8, 4) is 0 Å². The van der Waals surface area contributed by atoms with Crippen LogP contribution in [0.4, 0.5) is 0 Å². The third-order valence-corrected chi connectivity index (χ3v) is 2.69. The summed E-state index contributed by atoms with van der Waals surface area (Å²) in [7, 11) is 0. The Hall–Kier alpha value is -1.10. The Morgan fingerprint density at radius 3 is 2.56 bits per heavy atom. The number of halogens is 2. The van der Waals surface area contributed by atoms with Crippen LogP contribution in [-0.2, 0) is 6.54 Å². The number of hydrogen-bond acceptors (Lipinski definition) is 3. The zero-order valence-electron chi connectivity index (χ0n) is 8.22. The summed E-state index contributed by atoms with van der Waals surface area (Å²) in [6.07, 6.45) is 2.35. The van der Waals surface area contributed by atoms with Gasteiger partial charge in [-0.1, -0.05) is 29.3 Å². The first-order chi connectivity index (χ1) is 7.66. The highest BCUT2D eigenvalue weighted by atomic mass is 35.5. The molecule has 1 N–H and O–H groups in total. The molecule has 6 heteroatoms. The van der Waals surface area contributed by atoms with Gasteiger partial charge >= 0.3 is 0 Å². The molecule has 1 unspecified atom stereocenters. The number of aliphatic hydroxyl groups excluding tert-OH is 1. The lowest BCUT2D eigenvalue weighted by Crippen LogP contribution is -2.11. The van der Waals surface area contributed by atoms with Gasteiger partial charge in [-0.3, -0.25) is 0 Å². The highest BCUT2D eigenvalue weighted by molar-refractivity contribution is 6.35. The summed E-state index contributed by atoms with van der Waals surface area (Å²) in [5.41, 5.74) is 0.614. The van der Waals surface area contributed by atoms with E-state index in [1.807, 2.05) is 0 Å². The molecule has 1 heterocycles. The molecule has 4 nitrogen and oxygen atoms in total. The van der Waals surface area contributed by atoms with Gasteiger partial charge in [0.2, 0.25) is 0 Å². The third kappa shape index (κ3) is 2.52. The number of aliphatic hydroxyl groups is 1. The maximum Gasteiger partial charge on any atom is 0.102 e. The smallest absolute Gasteiger partial charge is 0.102 e. The van der Waals surface area contributed by atoms with E-state index in [4.69, 9.17) is 23.2 Å². The van der Waals surface area contributed by atoms with Gasteiger partial charge in [0.05, 0.1) is 18.9 Å². The molecule has 0 aliphatic carbocycles. The molecule has 0 radical (unpaired) electrons. The molecule has 1 aromatic carbocycles. The van der Waals surface area contributed by atoms with Crippen molar-refractivity contribution < 1.29 is 5.11 Å². The highest BCUT2D eigenvalue weighted by Crippen LogP contribution is 2.26. The monoisotopic (exact) mass is 257 g/mol. The quantitative estimate of drug-likeness (QED) is 0.919. The summed E-state index contributed by atoms with van der Waals surface area (Å²) in [5.74, 6) is 0. The first-order valence-corrected chi connectivity index (χ1v) is 5.39. The number of rotatable bonds is 3. The second-order valence-corrected chi connectivity index (χ2v) is 4.11. The normalized spacial score (nSPS) is 12.7. The van der Waals surface area contributed by atoms with Gasteiger partial charge in [-0.05, 0) is 12.1 Å². The lowest BCUT2D eigenvalue weighted by molar-refractivity contribution is 0.145. The predicted octanol–water partition coefficient (Wildman–Crippen LogP) is 2.32. The van der Waals surface area contributed by atoms with Crippen molar-refractivity contribution in [2.75, 3.05) is 0 Å². The van der Waals surface area contributed by atoms with Crippen molar-refractivity contribution in [1.29, 1.82) is 0 Å². The molecule has 2 rings (SSSR count). The Kier molecular flexibility index (Phi) is 3.43. The van der Waals surface area contributed by atoms with Crippen molar-refractivity contribution in [2.45, 2.75) is 12.6 Å². The van der Waals surface area contributed by atoms with Gasteiger partial charge in [0.1, 0.15) is 6.10 Å². The molecule has 0 fully saturated rings. The average molecular weight is 258 g/mol. The maximum atomic E-state index is 9.94. The van der Waals surface area contributed by atoms with Gasteiger partial charge in [-0.25, -0.2) is 0 Å². The standard InChI is InChI=1S/C10H9Cl2N3O/c11-7-1-2-8(9(12)5-7)10(16)6-15-13-3-4-14-15/h1-5,10,16H,6H2. The van der Waals surface area contributed by atoms with Crippen LogP contribution in [0.15, 0.2) is 30.6 Å². The molecule has 0 spiro atoms. The van der Waals surface area contributed by atoms with Gasteiger partial charge in [0.15, 0.2) is 0 Å². The fourth-order valence-corrected chi connectivity index (χ4v) is 1.90. The molecule has 0 amide bonds. The van der Waals surface area contributed by atoms with Crippen LogP contribution >= 0.6 is 23.2 Å². The van der Waals surface area contributed by atoms with Gasteiger partial charge in [0, 0.05) is 15.6 Å². The van der Waals surface area contributed by atoms with Crippen LogP contribution in [-0.4, -0.2) is 20.1 Å². The van der Waals surface area contributed by atoms with Crippen LogP contribution in [0.2, 0.25) is 10.0 Å². The van der Waals surface area contributed by atoms with Crippen LogP contribution in [0.5, 0.6) is 0 Å². The second kappa shape index (κ2) is 4.82. The van der Waals surface area contributed by atoms with Crippen LogP contribution in [0.25, 0.3) is 0 Å². The minimum Gasteiger partial charge on any atom is -0.386 e. The maximum absolute atomic E-state index is 9.94. The fraction of sp³-hybridized carbons (Fsp3) is 0.200. The van der Waals surface area contributed by atoms with E-state index in [-0.39, 0.29) is 6.54 Å². The van der Waals surface area contributed by atoms with E-state index < -0.39 is 6.10 Å². The van der Waals surface area contributed by atoms with Crippen molar-refractivity contribution >= 4 is 23.2 Å². The second-order valence-electron chi connectivity index (χ2n) is 3.27. The van der Waals surface area contributed by atoms with E-state index >= 15 is 0 Å². The topological polar surface area (TPSA) is 50.9 Å². The Morgan fingerprint density at radius 2 is 1.94 bits per heavy atom. The van der Waals surface area contributed by atoms with Crippen molar-refractivity contribution in [1.82, 2.24) is 15.0 Å². The average Bonchev–Trinajstić information content (AvgIpc) is 2.70. The fourth-order valence-electron chi connectivity index (χ4n) is 1.36. The number of benzene rings is 1. The number of nitrogens with zero attached hydrogens (tertiary/aromatic N) is 3. The molecular formula is C10H9Cl2N3O. The summed E-state index contributed by atoms with van der Waals surface area (Å²) in [6.45, 7) is 0.258. The van der Waals surface area contributed by atoms with Crippen LogP contribution in [0, 0.1) is 0 Å². The van der Waals surface area contributed by atoms with Gasteiger partial charge in [-0.15, -0.1) is 0 Å². The van der Waals surface area contributed by atoms with E-state index in [0.29, 0.717) is 15.6 Å².